The van der Waals surface area contributed by atoms with E-state index in [1.54, 1.807) is 40.9 Å². The number of carbonyl (C=O) groups excluding carboxylic acids is 2. The molecule has 2 N–H and O–H groups in total. The van der Waals surface area contributed by atoms with Gasteiger partial charge < -0.3 is 15.4 Å². The van der Waals surface area contributed by atoms with Crippen molar-refractivity contribution in [1.82, 2.24) is 9.88 Å². The monoisotopic (exact) mass is 642 g/mol. The molecule has 0 bridgehead atoms. The van der Waals surface area contributed by atoms with Gasteiger partial charge >= 0.3 is 6.03 Å². The summed E-state index contributed by atoms with van der Waals surface area (Å²) < 4.78 is 5.49. The van der Waals surface area contributed by atoms with Crippen LogP contribution in [0, 0.1) is 0 Å². The van der Waals surface area contributed by atoms with Gasteiger partial charge in [-0.15, -0.1) is 23.1 Å². The van der Waals surface area contributed by atoms with E-state index in [2.05, 4.69) is 33.8 Å². The normalized spacial score (nSPS) is 13.5. The molecule has 1 aliphatic rings. The van der Waals surface area contributed by atoms with Crippen LogP contribution in [0.1, 0.15) is 12.6 Å². The molecule has 4 rings (SSSR count). The van der Waals surface area contributed by atoms with Crippen LogP contribution in [0.25, 0.3) is 0 Å². The number of urea groups is 1. The minimum atomic E-state index is -0.342. The molecule has 0 atom stereocenters. The van der Waals surface area contributed by atoms with Gasteiger partial charge in [0.2, 0.25) is 5.91 Å². The Morgan fingerprint density at radius 1 is 1.26 bits per heavy atom. The standard InChI is InChI=1S/C29H28Cl2N6O3S2/c1-6-25(38)35-22-10-8-7-9-21(22)34-18(3)32-12-19-13-37(28-26(30)23(40-4)11-24(41-5)27(28)31)29(39)36(17(19)2)14-20-15-42-16-33-20/h6-12,15-16,34H,1,3,13-14H2,2,4-5H3,(H,35,38)/b32-12-. The number of carbonyl (C=O) groups is 2. The summed E-state index contributed by atoms with van der Waals surface area (Å²) in [5, 5.41) is 8.32. The lowest BCUT2D eigenvalue weighted by atomic mass is 10.1. The third-order valence-corrected chi connectivity index (χ3v) is 8.57. The number of allylic oxidation sites excluding steroid dienone is 1. The second kappa shape index (κ2) is 13.9. The molecule has 3 aromatic rings. The van der Waals surface area contributed by atoms with E-state index >= 15 is 0 Å². The average molecular weight is 644 g/mol. The number of nitrogens with zero attached hydrogens (tertiary/aromatic N) is 4. The summed E-state index contributed by atoms with van der Waals surface area (Å²) in [5.74, 6) is 0.374. The molecular formula is C29H28Cl2N6O3S2. The highest BCUT2D eigenvalue weighted by Gasteiger charge is 2.35. The van der Waals surface area contributed by atoms with Gasteiger partial charge in [0.25, 0.3) is 0 Å². The number of hydrogen-bond acceptors (Lipinski definition) is 8. The zero-order valence-corrected chi connectivity index (χ0v) is 26.3. The fraction of sp³-hybridized carbons (Fsp3) is 0.172. The highest BCUT2D eigenvalue weighted by molar-refractivity contribution is 7.98. The Hall–Kier alpha value is -3.77. The highest BCUT2D eigenvalue weighted by atomic mass is 35.5. The van der Waals surface area contributed by atoms with E-state index < -0.39 is 0 Å². The first-order chi connectivity index (χ1) is 20.2. The highest BCUT2D eigenvalue weighted by Crippen LogP contribution is 2.46. The molecule has 1 aliphatic heterocycles. The van der Waals surface area contributed by atoms with Crippen molar-refractivity contribution < 1.29 is 14.3 Å². The quantitative estimate of drug-likeness (QED) is 0.126. The number of thiazole rings is 1. The fourth-order valence-electron chi connectivity index (χ4n) is 4.13. The molecule has 218 valence electrons. The van der Waals surface area contributed by atoms with E-state index in [1.165, 1.54) is 41.2 Å². The van der Waals surface area contributed by atoms with E-state index in [4.69, 9.17) is 27.9 Å². The molecule has 13 heteroatoms. The van der Waals surface area contributed by atoms with Crippen LogP contribution in [0.5, 0.6) is 5.75 Å². The maximum Gasteiger partial charge on any atom is 0.329 e. The SMILES string of the molecule is C=CC(=O)Nc1ccccc1NC(=C)/N=C\C1=C(C)N(Cc2cscn2)C(=O)N(c2c(Cl)c(OC)cc(SC)c2Cl)C1. The minimum absolute atomic E-state index is 0.140. The number of aromatic nitrogens is 1. The Morgan fingerprint density at radius 2 is 1.98 bits per heavy atom. The van der Waals surface area contributed by atoms with Gasteiger partial charge in [-0.25, -0.2) is 14.8 Å². The van der Waals surface area contributed by atoms with Crippen LogP contribution in [0.2, 0.25) is 10.0 Å². The number of thioether (sulfide) groups is 1. The smallest absolute Gasteiger partial charge is 0.329 e. The first-order valence-corrected chi connectivity index (χ1v) is 15.4. The van der Waals surface area contributed by atoms with Crippen molar-refractivity contribution in [3.63, 3.8) is 0 Å². The molecular weight excluding hydrogens is 615 g/mol. The van der Waals surface area contributed by atoms with Crippen LogP contribution in [-0.4, -0.2) is 47.9 Å². The summed E-state index contributed by atoms with van der Waals surface area (Å²) in [5.41, 5.74) is 5.37. The summed E-state index contributed by atoms with van der Waals surface area (Å²) >= 11 is 16.4. The van der Waals surface area contributed by atoms with Crippen LogP contribution >= 0.6 is 46.3 Å². The van der Waals surface area contributed by atoms with Crippen molar-refractivity contribution in [1.29, 1.82) is 0 Å². The number of aliphatic imine (C=N–C) groups is 1. The van der Waals surface area contributed by atoms with E-state index in [0.717, 1.165) is 11.3 Å². The van der Waals surface area contributed by atoms with E-state index in [1.807, 2.05) is 24.6 Å². The lowest BCUT2D eigenvalue weighted by Crippen LogP contribution is -2.48. The first kappa shape index (κ1) is 31.2. The van der Waals surface area contributed by atoms with Gasteiger partial charge in [0.15, 0.2) is 0 Å². The van der Waals surface area contributed by atoms with E-state index in [-0.39, 0.29) is 30.1 Å². The molecule has 0 aliphatic carbocycles. The minimum Gasteiger partial charge on any atom is -0.495 e. The van der Waals surface area contributed by atoms with Crippen molar-refractivity contribution in [3.8, 4) is 5.75 Å². The fourth-order valence-corrected chi connectivity index (χ4v) is 6.04. The molecule has 0 fully saturated rings. The summed E-state index contributed by atoms with van der Waals surface area (Å²) in [6, 6.07) is 8.59. The van der Waals surface area contributed by atoms with E-state index in [9.17, 15) is 9.59 Å². The number of amides is 3. The molecule has 0 radical (unpaired) electrons. The maximum atomic E-state index is 14.0. The summed E-state index contributed by atoms with van der Waals surface area (Å²) in [6.45, 7) is 9.74. The van der Waals surface area contributed by atoms with Gasteiger partial charge in [0, 0.05) is 27.8 Å². The van der Waals surface area contributed by atoms with Crippen molar-refractivity contribution in [2.45, 2.75) is 18.4 Å². The number of halogens is 2. The van der Waals surface area contributed by atoms with Gasteiger partial charge in [-0.1, -0.05) is 48.5 Å². The Kier molecular flexibility index (Phi) is 10.3. The van der Waals surface area contributed by atoms with Gasteiger partial charge in [0.05, 0.1) is 53.5 Å². The van der Waals surface area contributed by atoms with Crippen LogP contribution in [0.3, 0.4) is 0 Å². The topological polar surface area (TPSA) is 99.2 Å². The molecule has 2 aromatic carbocycles. The summed E-state index contributed by atoms with van der Waals surface area (Å²) in [6.07, 6.45) is 4.71. The number of rotatable bonds is 11. The molecule has 3 amide bonds. The Morgan fingerprint density at radius 3 is 2.60 bits per heavy atom. The first-order valence-electron chi connectivity index (χ1n) is 12.5. The number of benzene rings is 2. The molecule has 2 heterocycles. The van der Waals surface area contributed by atoms with E-state index in [0.29, 0.717) is 44.2 Å². The molecule has 0 saturated heterocycles. The maximum absolute atomic E-state index is 14.0. The third kappa shape index (κ3) is 6.81. The second-order valence-electron chi connectivity index (χ2n) is 8.87. The van der Waals surface area contributed by atoms with Crippen LogP contribution in [-0.2, 0) is 11.3 Å². The number of anilines is 3. The van der Waals surface area contributed by atoms with Crippen molar-refractivity contribution in [2.75, 3.05) is 35.4 Å². The van der Waals surface area contributed by atoms with Crippen molar-refractivity contribution in [3.05, 3.63) is 93.3 Å². The molecule has 0 spiro atoms. The lowest BCUT2D eigenvalue weighted by Gasteiger charge is -2.37. The molecule has 42 heavy (non-hydrogen) atoms. The second-order valence-corrected chi connectivity index (χ2v) is 11.2. The predicted molar refractivity (Wildman–Crippen MR) is 174 cm³/mol. The third-order valence-electron chi connectivity index (χ3n) is 6.31. The Labute approximate surface area is 262 Å². The average Bonchev–Trinajstić information content (AvgIpc) is 3.50. The zero-order valence-electron chi connectivity index (χ0n) is 23.1. The predicted octanol–water partition coefficient (Wildman–Crippen LogP) is 7.68. The van der Waals surface area contributed by atoms with Crippen LogP contribution < -0.4 is 20.3 Å². The zero-order chi connectivity index (χ0) is 30.4. The molecule has 1 aromatic heterocycles. The Bertz CT molecular complexity index is 1560. The lowest BCUT2D eigenvalue weighted by molar-refractivity contribution is -0.111. The molecule has 0 saturated carbocycles. The van der Waals surface area contributed by atoms with Gasteiger partial charge in [-0.05, 0) is 37.5 Å². The van der Waals surface area contributed by atoms with Gasteiger partial charge in [0.1, 0.15) is 16.6 Å². The number of nitrogens with one attached hydrogen (secondary N) is 2. The molecule has 9 nitrogen and oxygen atoms in total. The summed E-state index contributed by atoms with van der Waals surface area (Å²) in [7, 11) is 1.51. The number of ether oxygens (including phenoxy) is 1. The van der Waals surface area contributed by atoms with Crippen molar-refractivity contribution >= 4 is 81.5 Å². The van der Waals surface area contributed by atoms with Crippen molar-refractivity contribution in [2.24, 2.45) is 4.99 Å². The number of methoxy groups -OCH3 is 1. The van der Waals surface area contributed by atoms with Crippen LogP contribution in [0.15, 0.2) is 87.4 Å². The van der Waals surface area contributed by atoms with Gasteiger partial charge in [-0.3, -0.25) is 14.6 Å². The summed E-state index contributed by atoms with van der Waals surface area (Å²) in [4.78, 5) is 38.5. The number of para-hydroxylation sites is 2. The molecule has 0 unspecified atom stereocenters. The van der Waals surface area contributed by atoms with Crippen LogP contribution in [0.4, 0.5) is 21.9 Å². The Balaban J connectivity index is 1.70. The largest absolute Gasteiger partial charge is 0.495 e. The number of hydrogen-bond donors (Lipinski definition) is 2. The van der Waals surface area contributed by atoms with Gasteiger partial charge in [-0.2, -0.15) is 0 Å².